The molecule has 8 heteroatoms. The molecule has 3 aromatic rings. The second kappa shape index (κ2) is 6.83. The Labute approximate surface area is 141 Å². The maximum Gasteiger partial charge on any atom is 0.271 e. The average Bonchev–Trinajstić information content (AvgIpc) is 2.64. The number of aromatic nitrogens is 2. The van der Waals surface area contributed by atoms with E-state index in [-0.39, 0.29) is 16.9 Å². The van der Waals surface area contributed by atoms with Crippen LogP contribution < -0.4 is 5.32 Å². The first-order valence-electron chi connectivity index (χ1n) is 7.17. The molecule has 0 spiro atoms. The van der Waals surface area contributed by atoms with E-state index in [1.165, 1.54) is 12.4 Å². The molecule has 0 aliphatic heterocycles. The van der Waals surface area contributed by atoms with Gasteiger partial charge in [-0.2, -0.15) is 0 Å². The molecule has 7 nitrogen and oxygen atoms in total. The Kier molecular flexibility index (Phi) is 4.42. The third-order valence-corrected chi connectivity index (χ3v) is 3.35. The van der Waals surface area contributed by atoms with E-state index in [4.69, 9.17) is 0 Å². The minimum atomic E-state index is -0.777. The molecule has 124 valence electrons. The monoisotopic (exact) mass is 338 g/mol. The largest absolute Gasteiger partial charge is 0.319 e. The Bertz CT molecular complexity index is 930. The molecule has 1 heterocycles. The van der Waals surface area contributed by atoms with E-state index in [1.54, 1.807) is 0 Å². The van der Waals surface area contributed by atoms with Crippen molar-refractivity contribution in [2.75, 3.05) is 5.32 Å². The van der Waals surface area contributed by atoms with E-state index >= 15 is 0 Å². The van der Waals surface area contributed by atoms with Crippen LogP contribution in [-0.2, 0) is 0 Å². The molecule has 0 aliphatic carbocycles. The lowest BCUT2D eigenvalue weighted by Crippen LogP contribution is -2.14. The summed E-state index contributed by atoms with van der Waals surface area (Å²) in [7, 11) is 0. The first-order chi connectivity index (χ1) is 12.0. The van der Waals surface area contributed by atoms with Crippen LogP contribution in [0.5, 0.6) is 0 Å². The van der Waals surface area contributed by atoms with E-state index in [9.17, 15) is 19.3 Å². The first-order valence-corrected chi connectivity index (χ1v) is 7.17. The number of nitro benzene ring substituents is 1. The number of nitrogens with one attached hydrogen (secondary N) is 1. The fourth-order valence-electron chi connectivity index (χ4n) is 2.10. The van der Waals surface area contributed by atoms with E-state index < -0.39 is 16.6 Å². The van der Waals surface area contributed by atoms with Gasteiger partial charge < -0.3 is 5.32 Å². The zero-order chi connectivity index (χ0) is 17.8. The quantitative estimate of drug-likeness (QED) is 0.580. The lowest BCUT2D eigenvalue weighted by Gasteiger charge is -2.06. The van der Waals surface area contributed by atoms with Gasteiger partial charge in [-0.15, -0.1) is 0 Å². The number of carbonyl (C=O) groups excluding carboxylic acids is 1. The fraction of sp³-hybridized carbons (Fsp3) is 0. The number of nitrogens with zero attached hydrogens (tertiary/aromatic N) is 3. The summed E-state index contributed by atoms with van der Waals surface area (Å²) in [6, 6.07) is 12.1. The third kappa shape index (κ3) is 3.63. The summed E-state index contributed by atoms with van der Waals surface area (Å²) in [5.41, 5.74) is 0.281. The lowest BCUT2D eigenvalue weighted by atomic mass is 10.2. The van der Waals surface area contributed by atoms with Crippen LogP contribution in [0.3, 0.4) is 0 Å². The van der Waals surface area contributed by atoms with Crippen LogP contribution in [0, 0.1) is 15.9 Å². The van der Waals surface area contributed by atoms with Crippen LogP contribution in [0.15, 0.2) is 60.9 Å². The van der Waals surface area contributed by atoms with Gasteiger partial charge >= 0.3 is 0 Å². The maximum absolute atomic E-state index is 13.7. The standard InChI is InChI=1S/C17H11FN4O3/c18-14-7-6-13(22(24)25)8-15(14)21-17(23)12-9-19-16(20-10-12)11-4-2-1-3-5-11/h1-10H,(H,21,23). The number of nitro groups is 1. The number of halogens is 1. The van der Waals surface area contributed by atoms with Gasteiger partial charge in [-0.05, 0) is 6.07 Å². The van der Waals surface area contributed by atoms with E-state index in [1.807, 2.05) is 30.3 Å². The number of carbonyl (C=O) groups is 1. The molecule has 0 saturated heterocycles. The van der Waals surface area contributed by atoms with Crippen LogP contribution in [0.2, 0.25) is 0 Å². The summed E-state index contributed by atoms with van der Waals surface area (Å²) in [5, 5.41) is 13.0. The van der Waals surface area contributed by atoms with Crippen LogP contribution >= 0.6 is 0 Å². The summed E-state index contributed by atoms with van der Waals surface area (Å²) in [6.07, 6.45) is 2.61. The van der Waals surface area contributed by atoms with Crippen molar-refractivity contribution in [1.82, 2.24) is 9.97 Å². The first kappa shape index (κ1) is 16.2. The maximum atomic E-state index is 13.7. The van der Waals surface area contributed by atoms with Crippen molar-refractivity contribution in [3.8, 4) is 11.4 Å². The number of benzene rings is 2. The molecular weight excluding hydrogens is 327 g/mol. The second-order valence-electron chi connectivity index (χ2n) is 5.04. The summed E-state index contributed by atoms with van der Waals surface area (Å²) >= 11 is 0. The number of amides is 1. The van der Waals surface area contributed by atoms with Gasteiger partial charge in [0.25, 0.3) is 11.6 Å². The lowest BCUT2D eigenvalue weighted by molar-refractivity contribution is -0.384. The van der Waals surface area contributed by atoms with Gasteiger partial charge in [-0.1, -0.05) is 30.3 Å². The highest BCUT2D eigenvalue weighted by Crippen LogP contribution is 2.22. The van der Waals surface area contributed by atoms with Crippen molar-refractivity contribution >= 4 is 17.3 Å². The fourth-order valence-corrected chi connectivity index (χ4v) is 2.10. The molecule has 3 rings (SSSR count). The Morgan fingerprint density at radius 2 is 1.76 bits per heavy atom. The van der Waals surface area contributed by atoms with Gasteiger partial charge in [-0.3, -0.25) is 14.9 Å². The molecule has 0 bridgehead atoms. The average molecular weight is 338 g/mol. The molecule has 0 saturated carbocycles. The van der Waals surface area contributed by atoms with Crippen molar-refractivity contribution in [1.29, 1.82) is 0 Å². The zero-order valence-corrected chi connectivity index (χ0v) is 12.7. The van der Waals surface area contributed by atoms with Crippen LogP contribution in [-0.4, -0.2) is 20.8 Å². The van der Waals surface area contributed by atoms with Crippen molar-refractivity contribution < 1.29 is 14.1 Å². The van der Waals surface area contributed by atoms with Crippen molar-refractivity contribution in [3.63, 3.8) is 0 Å². The molecule has 0 aliphatic rings. The van der Waals surface area contributed by atoms with Crippen LogP contribution in [0.4, 0.5) is 15.8 Å². The molecule has 0 unspecified atom stereocenters. The van der Waals surface area contributed by atoms with Crippen molar-refractivity contribution in [2.24, 2.45) is 0 Å². The Morgan fingerprint density at radius 1 is 1.08 bits per heavy atom. The summed E-state index contributed by atoms with van der Waals surface area (Å²) in [4.78, 5) is 30.4. The smallest absolute Gasteiger partial charge is 0.271 e. The molecule has 2 aromatic carbocycles. The van der Waals surface area contributed by atoms with E-state index in [0.29, 0.717) is 5.82 Å². The second-order valence-corrected chi connectivity index (χ2v) is 5.04. The molecule has 25 heavy (non-hydrogen) atoms. The molecule has 1 N–H and O–H groups in total. The minimum absolute atomic E-state index is 0.102. The normalized spacial score (nSPS) is 10.3. The highest BCUT2D eigenvalue weighted by Gasteiger charge is 2.15. The van der Waals surface area contributed by atoms with Gasteiger partial charge in [0.1, 0.15) is 5.82 Å². The number of rotatable bonds is 4. The Morgan fingerprint density at radius 3 is 2.40 bits per heavy atom. The molecule has 0 fully saturated rings. The highest BCUT2D eigenvalue weighted by atomic mass is 19.1. The summed E-state index contributed by atoms with van der Waals surface area (Å²) in [5.74, 6) is -1.00. The number of anilines is 1. The third-order valence-electron chi connectivity index (χ3n) is 3.35. The SMILES string of the molecule is O=C(Nc1cc([N+](=O)[O-])ccc1F)c1cnc(-c2ccccc2)nc1. The molecule has 0 atom stereocenters. The van der Waals surface area contributed by atoms with Gasteiger partial charge in [0.2, 0.25) is 0 Å². The molecule has 1 amide bonds. The Hall–Kier alpha value is -3.68. The highest BCUT2D eigenvalue weighted by molar-refractivity contribution is 6.04. The topological polar surface area (TPSA) is 98.0 Å². The van der Waals surface area contributed by atoms with Crippen molar-refractivity contribution in [3.05, 3.63) is 82.4 Å². The Balaban J connectivity index is 1.80. The molecule has 1 aromatic heterocycles. The van der Waals surface area contributed by atoms with Gasteiger partial charge in [-0.25, -0.2) is 14.4 Å². The van der Waals surface area contributed by atoms with Gasteiger partial charge in [0.15, 0.2) is 5.82 Å². The van der Waals surface area contributed by atoms with Crippen molar-refractivity contribution in [2.45, 2.75) is 0 Å². The zero-order valence-electron chi connectivity index (χ0n) is 12.7. The number of non-ortho nitro benzene ring substituents is 1. The minimum Gasteiger partial charge on any atom is -0.319 e. The summed E-state index contributed by atoms with van der Waals surface area (Å²) < 4.78 is 13.7. The van der Waals surface area contributed by atoms with Crippen LogP contribution in [0.1, 0.15) is 10.4 Å². The summed E-state index contributed by atoms with van der Waals surface area (Å²) in [6.45, 7) is 0. The molecular formula is C17H11FN4O3. The number of hydrogen-bond donors (Lipinski definition) is 1. The van der Waals surface area contributed by atoms with E-state index in [0.717, 1.165) is 23.8 Å². The number of hydrogen-bond acceptors (Lipinski definition) is 5. The van der Waals surface area contributed by atoms with E-state index in [2.05, 4.69) is 15.3 Å². The van der Waals surface area contributed by atoms with Gasteiger partial charge in [0, 0.05) is 30.1 Å². The predicted octanol–water partition coefficient (Wildman–Crippen LogP) is 3.44. The van der Waals surface area contributed by atoms with Gasteiger partial charge in [0.05, 0.1) is 16.2 Å². The predicted molar refractivity (Wildman–Crippen MR) is 88.5 cm³/mol. The van der Waals surface area contributed by atoms with Crippen LogP contribution in [0.25, 0.3) is 11.4 Å². The molecule has 0 radical (unpaired) electrons.